The lowest BCUT2D eigenvalue weighted by Gasteiger charge is -2.50. The van der Waals surface area contributed by atoms with Gasteiger partial charge in [0.05, 0.1) is 23.4 Å². The topological polar surface area (TPSA) is 81.3 Å². The normalized spacial score (nSPS) is 19.7. The quantitative estimate of drug-likeness (QED) is 0.653. The number of benzene rings is 2. The van der Waals surface area contributed by atoms with Crippen LogP contribution in [0.4, 0.5) is 0 Å². The Morgan fingerprint density at radius 2 is 1.75 bits per heavy atom. The van der Waals surface area contributed by atoms with E-state index >= 15 is 0 Å². The summed E-state index contributed by atoms with van der Waals surface area (Å²) in [6, 6.07) is 20.1. The summed E-state index contributed by atoms with van der Waals surface area (Å²) in [5, 5.41) is 9.92. The van der Waals surface area contributed by atoms with Crippen molar-refractivity contribution in [3.8, 4) is 11.3 Å². The Kier molecular flexibility index (Phi) is 5.27. The molecule has 2 aliphatic heterocycles. The van der Waals surface area contributed by atoms with Crippen molar-refractivity contribution in [3.63, 3.8) is 0 Å². The molecule has 7 nitrogen and oxygen atoms in total. The van der Waals surface area contributed by atoms with E-state index < -0.39 is 0 Å². The number of hydrogen-bond donors (Lipinski definition) is 2. The molecule has 1 unspecified atom stereocenters. The Labute approximate surface area is 187 Å². The molecule has 1 aromatic heterocycles. The molecule has 3 aromatic rings. The number of carbonyl (C=O) groups excluding carboxylic acids is 2. The summed E-state index contributed by atoms with van der Waals surface area (Å²) in [5.41, 5.74) is 3.26. The molecule has 2 amide bonds. The molecule has 32 heavy (non-hydrogen) atoms. The lowest BCUT2D eigenvalue weighted by Crippen LogP contribution is -2.63. The third kappa shape index (κ3) is 3.58. The maximum atomic E-state index is 13.3. The van der Waals surface area contributed by atoms with Crippen molar-refractivity contribution < 1.29 is 9.59 Å². The van der Waals surface area contributed by atoms with Crippen LogP contribution in [0.5, 0.6) is 0 Å². The smallest absolute Gasteiger partial charge is 0.257 e. The Hall–Kier alpha value is -3.45. The zero-order valence-electron chi connectivity index (χ0n) is 18.1. The van der Waals surface area contributed by atoms with Gasteiger partial charge in [0.15, 0.2) is 0 Å². The molecule has 0 aliphatic carbocycles. The molecule has 2 N–H and O–H groups in total. The van der Waals surface area contributed by atoms with E-state index in [1.165, 1.54) is 5.56 Å². The molecule has 1 spiro atoms. The van der Waals surface area contributed by atoms with Crippen molar-refractivity contribution in [2.45, 2.75) is 6.54 Å². The predicted molar refractivity (Wildman–Crippen MR) is 122 cm³/mol. The largest absolute Gasteiger partial charge is 0.359 e. The van der Waals surface area contributed by atoms with Crippen LogP contribution in [0.3, 0.4) is 0 Å². The van der Waals surface area contributed by atoms with Crippen LogP contribution in [0.15, 0.2) is 66.9 Å². The van der Waals surface area contributed by atoms with Crippen LogP contribution in [-0.4, -0.2) is 65.0 Å². The second-order valence-corrected chi connectivity index (χ2v) is 8.87. The van der Waals surface area contributed by atoms with E-state index in [-0.39, 0.29) is 23.1 Å². The number of hydrogen-bond acceptors (Lipinski definition) is 4. The molecule has 164 valence electrons. The van der Waals surface area contributed by atoms with Crippen molar-refractivity contribution in [3.05, 3.63) is 78.0 Å². The van der Waals surface area contributed by atoms with Crippen molar-refractivity contribution in [2.24, 2.45) is 11.3 Å². The molecular formula is C25H27N5O2. The van der Waals surface area contributed by atoms with Crippen LogP contribution in [0.25, 0.3) is 11.3 Å². The minimum absolute atomic E-state index is 0.0413. The van der Waals surface area contributed by atoms with Gasteiger partial charge in [0.2, 0.25) is 5.91 Å². The number of aromatic nitrogens is 2. The molecule has 2 saturated heterocycles. The van der Waals surface area contributed by atoms with Gasteiger partial charge in [-0.3, -0.25) is 19.6 Å². The Morgan fingerprint density at radius 1 is 1.06 bits per heavy atom. The summed E-state index contributed by atoms with van der Waals surface area (Å²) in [5.74, 6) is -0.112. The van der Waals surface area contributed by atoms with Crippen LogP contribution in [0.1, 0.15) is 15.9 Å². The van der Waals surface area contributed by atoms with Gasteiger partial charge in [-0.1, -0.05) is 60.7 Å². The van der Waals surface area contributed by atoms with E-state index in [9.17, 15) is 9.59 Å². The molecular weight excluding hydrogens is 402 g/mol. The SMILES string of the molecule is CNC(=O)C1CN(Cc2ccccc2)CC12CN(C(=O)c1cn[nH]c1-c1ccccc1)C2. The highest BCUT2D eigenvalue weighted by Crippen LogP contribution is 2.45. The number of carbonyl (C=O) groups is 2. The van der Waals surface area contributed by atoms with Crippen LogP contribution in [0, 0.1) is 11.3 Å². The number of rotatable bonds is 5. The van der Waals surface area contributed by atoms with Gasteiger partial charge in [0.25, 0.3) is 5.91 Å². The Morgan fingerprint density at radius 3 is 2.44 bits per heavy atom. The van der Waals surface area contributed by atoms with Crippen LogP contribution in [-0.2, 0) is 11.3 Å². The van der Waals surface area contributed by atoms with E-state index in [1.807, 2.05) is 53.4 Å². The molecule has 2 aromatic carbocycles. The minimum Gasteiger partial charge on any atom is -0.359 e. The van der Waals surface area contributed by atoms with Crippen LogP contribution in [0.2, 0.25) is 0 Å². The highest BCUT2D eigenvalue weighted by atomic mass is 16.2. The summed E-state index contributed by atoms with van der Waals surface area (Å²) in [7, 11) is 1.69. The summed E-state index contributed by atoms with van der Waals surface area (Å²) >= 11 is 0. The van der Waals surface area contributed by atoms with Crippen molar-refractivity contribution in [1.29, 1.82) is 0 Å². The molecule has 5 rings (SSSR count). The van der Waals surface area contributed by atoms with Gasteiger partial charge >= 0.3 is 0 Å². The van der Waals surface area contributed by atoms with Crippen molar-refractivity contribution in [1.82, 2.24) is 25.3 Å². The lowest BCUT2D eigenvalue weighted by atomic mass is 9.71. The highest BCUT2D eigenvalue weighted by molar-refractivity contribution is 6.00. The molecule has 0 radical (unpaired) electrons. The van der Waals surface area contributed by atoms with Crippen LogP contribution >= 0.6 is 0 Å². The molecule has 7 heteroatoms. The first-order valence-corrected chi connectivity index (χ1v) is 11.0. The molecule has 0 bridgehead atoms. The van der Waals surface area contributed by atoms with Crippen LogP contribution < -0.4 is 5.32 Å². The zero-order chi connectivity index (χ0) is 22.1. The summed E-state index contributed by atoms with van der Waals surface area (Å²) in [4.78, 5) is 30.2. The molecule has 2 aliphatic rings. The van der Waals surface area contributed by atoms with Gasteiger partial charge in [-0.05, 0) is 5.56 Å². The average molecular weight is 430 g/mol. The van der Waals surface area contributed by atoms with E-state index in [1.54, 1.807) is 13.2 Å². The van der Waals surface area contributed by atoms with Gasteiger partial charge in [0.1, 0.15) is 0 Å². The summed E-state index contributed by atoms with van der Waals surface area (Å²) < 4.78 is 0. The fourth-order valence-electron chi connectivity index (χ4n) is 5.19. The third-order valence-corrected chi connectivity index (χ3v) is 6.76. The van der Waals surface area contributed by atoms with Gasteiger partial charge in [-0.15, -0.1) is 0 Å². The fourth-order valence-corrected chi connectivity index (χ4v) is 5.19. The third-order valence-electron chi connectivity index (χ3n) is 6.76. The number of nitrogens with zero attached hydrogens (tertiary/aromatic N) is 3. The van der Waals surface area contributed by atoms with Crippen molar-refractivity contribution in [2.75, 3.05) is 33.2 Å². The lowest BCUT2D eigenvalue weighted by molar-refractivity contribution is -0.130. The first kappa shape index (κ1) is 20.5. The number of amides is 2. The van der Waals surface area contributed by atoms with Crippen molar-refractivity contribution >= 4 is 11.8 Å². The zero-order valence-corrected chi connectivity index (χ0v) is 18.1. The Balaban J connectivity index is 1.32. The first-order valence-electron chi connectivity index (χ1n) is 11.0. The standard InChI is InChI=1S/C25H27N5O2/c1-26-23(31)21-14-29(13-18-8-4-2-5-9-18)15-25(21)16-30(17-25)24(32)20-12-27-28-22(20)19-10-6-3-7-11-19/h2-12,21H,13-17H2,1H3,(H,26,31)(H,27,28). The second kappa shape index (κ2) is 8.24. The average Bonchev–Trinajstić information content (AvgIpc) is 3.44. The molecule has 2 fully saturated rings. The first-order chi connectivity index (χ1) is 15.6. The number of likely N-dealkylation sites (tertiary alicyclic amines) is 2. The summed E-state index contributed by atoms with van der Waals surface area (Å²) in [6.07, 6.45) is 1.60. The van der Waals surface area contributed by atoms with E-state index in [0.29, 0.717) is 25.2 Å². The minimum atomic E-state index is -0.207. The van der Waals surface area contributed by atoms with E-state index in [4.69, 9.17) is 0 Å². The summed E-state index contributed by atoms with van der Waals surface area (Å²) in [6.45, 7) is 3.48. The van der Waals surface area contributed by atoms with Gasteiger partial charge in [-0.25, -0.2) is 0 Å². The molecule has 1 atom stereocenters. The van der Waals surface area contributed by atoms with Gasteiger partial charge in [-0.2, -0.15) is 5.10 Å². The molecule has 0 saturated carbocycles. The highest BCUT2D eigenvalue weighted by Gasteiger charge is 2.57. The number of H-pyrrole nitrogens is 1. The maximum Gasteiger partial charge on any atom is 0.257 e. The monoisotopic (exact) mass is 429 g/mol. The predicted octanol–water partition coefficient (Wildman–Crippen LogP) is 2.40. The molecule has 3 heterocycles. The fraction of sp³-hybridized carbons (Fsp3) is 0.320. The second-order valence-electron chi connectivity index (χ2n) is 8.87. The Bertz CT molecular complexity index is 1110. The van der Waals surface area contributed by atoms with E-state index in [0.717, 1.165) is 24.3 Å². The van der Waals surface area contributed by atoms with E-state index in [2.05, 4.69) is 32.5 Å². The maximum absolute atomic E-state index is 13.3. The van der Waals surface area contributed by atoms with Gasteiger partial charge in [0, 0.05) is 50.7 Å². The number of aromatic amines is 1. The van der Waals surface area contributed by atoms with Gasteiger partial charge < -0.3 is 10.2 Å². The number of nitrogens with one attached hydrogen (secondary N) is 2.